The first kappa shape index (κ1) is 15.3. The minimum Gasteiger partial charge on any atom is -0.306 e. The van der Waals surface area contributed by atoms with Gasteiger partial charge >= 0.3 is 0 Å². The predicted octanol–water partition coefficient (Wildman–Crippen LogP) is 5.15. The normalized spacial score (nSPS) is 12.4. The summed E-state index contributed by atoms with van der Waals surface area (Å²) in [5, 5.41) is 3.66. The highest BCUT2D eigenvalue weighted by atomic mass is 79.9. The molecule has 0 heterocycles. The van der Waals surface area contributed by atoms with E-state index in [9.17, 15) is 0 Å². The monoisotopic (exact) mass is 331 g/mol. The number of nitrogens with one attached hydrogen (secondary N) is 1. The zero-order valence-corrected chi connectivity index (χ0v) is 14.0. The lowest BCUT2D eigenvalue weighted by Gasteiger charge is -2.21. The second-order valence-corrected chi connectivity index (χ2v) is 6.16. The van der Waals surface area contributed by atoms with E-state index in [-0.39, 0.29) is 6.04 Å². The molecule has 0 aromatic heterocycles. The quantitative estimate of drug-likeness (QED) is 0.798. The van der Waals surface area contributed by atoms with Crippen molar-refractivity contribution in [3.8, 4) is 0 Å². The molecule has 0 spiro atoms. The largest absolute Gasteiger partial charge is 0.306 e. The lowest BCUT2D eigenvalue weighted by atomic mass is 9.96. The van der Waals surface area contributed by atoms with E-state index in [4.69, 9.17) is 0 Å². The van der Waals surface area contributed by atoms with Gasteiger partial charge in [0.25, 0.3) is 0 Å². The third-order valence-electron chi connectivity index (χ3n) is 3.49. The van der Waals surface area contributed by atoms with E-state index in [1.165, 1.54) is 26.7 Å². The maximum absolute atomic E-state index is 3.66. The second kappa shape index (κ2) is 7.05. The number of hydrogen-bond donors (Lipinski definition) is 1. The molecular formula is C18H22BrN. The Kier molecular flexibility index (Phi) is 5.38. The van der Waals surface area contributed by atoms with Gasteiger partial charge in [-0.15, -0.1) is 0 Å². The van der Waals surface area contributed by atoms with E-state index in [1.807, 2.05) is 0 Å². The van der Waals surface area contributed by atoms with Crippen molar-refractivity contribution in [1.82, 2.24) is 5.32 Å². The summed E-state index contributed by atoms with van der Waals surface area (Å²) in [7, 11) is 0. The molecule has 106 valence electrons. The van der Waals surface area contributed by atoms with Gasteiger partial charge in [-0.25, -0.2) is 0 Å². The highest BCUT2D eigenvalue weighted by molar-refractivity contribution is 9.10. The lowest BCUT2D eigenvalue weighted by molar-refractivity contribution is 0.598. The number of aryl methyl sites for hydroxylation is 2. The Hall–Kier alpha value is -1.12. The van der Waals surface area contributed by atoms with Crippen LogP contribution in [0.1, 0.15) is 41.6 Å². The molecule has 0 amide bonds. The zero-order chi connectivity index (χ0) is 14.5. The van der Waals surface area contributed by atoms with Crippen molar-refractivity contribution in [2.75, 3.05) is 6.54 Å². The van der Waals surface area contributed by atoms with Crippen molar-refractivity contribution in [2.45, 2.75) is 33.2 Å². The van der Waals surface area contributed by atoms with E-state index in [0.29, 0.717) is 0 Å². The second-order valence-electron chi connectivity index (χ2n) is 5.31. The molecule has 0 bridgehead atoms. The molecule has 0 aliphatic carbocycles. The van der Waals surface area contributed by atoms with E-state index in [2.05, 4.69) is 84.5 Å². The molecule has 2 heteroatoms. The number of hydrogen-bond acceptors (Lipinski definition) is 1. The van der Waals surface area contributed by atoms with Gasteiger partial charge in [0.15, 0.2) is 0 Å². The Labute approximate surface area is 130 Å². The SMILES string of the molecule is CCCNC(c1cccc(C)c1)c1ccc(Br)c(C)c1. The highest BCUT2D eigenvalue weighted by Gasteiger charge is 2.14. The van der Waals surface area contributed by atoms with Crippen molar-refractivity contribution in [3.63, 3.8) is 0 Å². The molecule has 1 unspecified atom stereocenters. The average Bonchev–Trinajstić information content (AvgIpc) is 2.43. The van der Waals surface area contributed by atoms with Crippen LogP contribution in [0.3, 0.4) is 0 Å². The molecule has 0 aliphatic heterocycles. The topological polar surface area (TPSA) is 12.0 Å². The Morgan fingerprint density at radius 3 is 2.45 bits per heavy atom. The van der Waals surface area contributed by atoms with Gasteiger partial charge in [-0.05, 0) is 49.6 Å². The summed E-state index contributed by atoms with van der Waals surface area (Å²) in [5.74, 6) is 0. The fourth-order valence-electron chi connectivity index (χ4n) is 2.41. The van der Waals surface area contributed by atoms with Gasteiger partial charge in [0.05, 0.1) is 6.04 Å². The molecule has 1 atom stereocenters. The van der Waals surface area contributed by atoms with Gasteiger partial charge in [0.2, 0.25) is 0 Å². The maximum atomic E-state index is 3.66. The fourth-order valence-corrected chi connectivity index (χ4v) is 2.66. The first-order valence-corrected chi connectivity index (χ1v) is 7.97. The Morgan fingerprint density at radius 1 is 1.05 bits per heavy atom. The Balaban J connectivity index is 2.38. The standard InChI is InChI=1S/C18H22BrN/c1-4-10-20-18(15-7-5-6-13(2)11-15)16-8-9-17(19)14(3)12-16/h5-9,11-12,18,20H,4,10H2,1-3H3. The molecule has 0 saturated carbocycles. The van der Waals surface area contributed by atoms with Crippen LogP contribution in [0.4, 0.5) is 0 Å². The van der Waals surface area contributed by atoms with Gasteiger partial charge in [0.1, 0.15) is 0 Å². The van der Waals surface area contributed by atoms with Crippen LogP contribution in [0, 0.1) is 13.8 Å². The summed E-state index contributed by atoms with van der Waals surface area (Å²) in [6, 6.07) is 15.6. The van der Waals surface area contributed by atoms with Crippen LogP contribution in [-0.2, 0) is 0 Å². The third-order valence-corrected chi connectivity index (χ3v) is 4.38. The first-order valence-electron chi connectivity index (χ1n) is 7.18. The van der Waals surface area contributed by atoms with Gasteiger partial charge in [0, 0.05) is 4.47 Å². The van der Waals surface area contributed by atoms with Crippen LogP contribution in [-0.4, -0.2) is 6.54 Å². The van der Waals surface area contributed by atoms with Gasteiger partial charge < -0.3 is 5.32 Å². The van der Waals surface area contributed by atoms with Crippen LogP contribution in [0.15, 0.2) is 46.9 Å². The van der Waals surface area contributed by atoms with Crippen LogP contribution >= 0.6 is 15.9 Å². The molecule has 2 aromatic carbocycles. The van der Waals surface area contributed by atoms with Gasteiger partial charge in [-0.1, -0.05) is 64.8 Å². The lowest BCUT2D eigenvalue weighted by Crippen LogP contribution is -2.23. The van der Waals surface area contributed by atoms with E-state index < -0.39 is 0 Å². The molecule has 0 saturated heterocycles. The summed E-state index contributed by atoms with van der Waals surface area (Å²) >= 11 is 3.58. The van der Waals surface area contributed by atoms with Crippen molar-refractivity contribution in [3.05, 3.63) is 69.2 Å². The van der Waals surface area contributed by atoms with Crippen molar-refractivity contribution in [1.29, 1.82) is 0 Å². The summed E-state index contributed by atoms with van der Waals surface area (Å²) < 4.78 is 1.17. The van der Waals surface area contributed by atoms with E-state index >= 15 is 0 Å². The molecule has 0 aliphatic rings. The average molecular weight is 332 g/mol. The van der Waals surface area contributed by atoms with Gasteiger partial charge in [-0.3, -0.25) is 0 Å². The number of rotatable bonds is 5. The molecule has 1 N–H and O–H groups in total. The summed E-state index contributed by atoms with van der Waals surface area (Å²) in [5.41, 5.74) is 5.24. The number of benzene rings is 2. The molecule has 20 heavy (non-hydrogen) atoms. The van der Waals surface area contributed by atoms with Crippen LogP contribution in [0.25, 0.3) is 0 Å². The fraction of sp³-hybridized carbons (Fsp3) is 0.333. The Bertz CT molecular complexity index is 577. The summed E-state index contributed by atoms with van der Waals surface area (Å²) in [6.45, 7) is 7.51. The molecule has 2 aromatic rings. The van der Waals surface area contributed by atoms with E-state index in [1.54, 1.807) is 0 Å². The van der Waals surface area contributed by atoms with E-state index in [0.717, 1.165) is 13.0 Å². The first-order chi connectivity index (χ1) is 9.61. The van der Waals surface area contributed by atoms with Crippen molar-refractivity contribution in [2.24, 2.45) is 0 Å². The molecular weight excluding hydrogens is 310 g/mol. The van der Waals surface area contributed by atoms with Gasteiger partial charge in [-0.2, -0.15) is 0 Å². The minimum absolute atomic E-state index is 0.265. The third kappa shape index (κ3) is 3.71. The maximum Gasteiger partial charge on any atom is 0.0576 e. The smallest absolute Gasteiger partial charge is 0.0576 e. The molecule has 0 fully saturated rings. The molecule has 1 nitrogen and oxygen atoms in total. The van der Waals surface area contributed by atoms with Crippen LogP contribution in [0.2, 0.25) is 0 Å². The minimum atomic E-state index is 0.265. The zero-order valence-electron chi connectivity index (χ0n) is 12.4. The summed E-state index contributed by atoms with van der Waals surface area (Å²) in [4.78, 5) is 0. The molecule has 0 radical (unpaired) electrons. The number of halogens is 1. The summed E-state index contributed by atoms with van der Waals surface area (Å²) in [6.07, 6.45) is 1.14. The van der Waals surface area contributed by atoms with Crippen molar-refractivity contribution < 1.29 is 0 Å². The van der Waals surface area contributed by atoms with Crippen molar-refractivity contribution >= 4 is 15.9 Å². The molecule has 2 rings (SSSR count). The predicted molar refractivity (Wildman–Crippen MR) is 90.2 cm³/mol. The Morgan fingerprint density at radius 2 is 1.80 bits per heavy atom. The van der Waals surface area contributed by atoms with Crippen LogP contribution < -0.4 is 5.32 Å². The van der Waals surface area contributed by atoms with Crippen LogP contribution in [0.5, 0.6) is 0 Å². The highest BCUT2D eigenvalue weighted by Crippen LogP contribution is 2.26.